The molecule has 28 heavy (non-hydrogen) atoms. The smallest absolute Gasteiger partial charge is 0.239 e. The highest BCUT2D eigenvalue weighted by Crippen LogP contribution is 2.13. The highest BCUT2D eigenvalue weighted by molar-refractivity contribution is 7.89. The Labute approximate surface area is 165 Å². The van der Waals surface area contributed by atoms with Crippen molar-refractivity contribution in [3.8, 4) is 0 Å². The lowest BCUT2D eigenvalue weighted by Gasteiger charge is -2.09. The van der Waals surface area contributed by atoms with E-state index in [0.29, 0.717) is 13.0 Å². The maximum Gasteiger partial charge on any atom is 0.276 e. The van der Waals surface area contributed by atoms with Gasteiger partial charge in [0.25, 0.3) is 10.0 Å². The van der Waals surface area contributed by atoms with E-state index in [0.717, 1.165) is 41.6 Å². The number of hydrazone groups is 1. The zero-order valence-electron chi connectivity index (χ0n) is 16.2. The molecule has 0 fully saturated rings. The number of fused-ring (bicyclic) bond motifs is 1. The van der Waals surface area contributed by atoms with E-state index in [-0.39, 0.29) is 4.90 Å². The summed E-state index contributed by atoms with van der Waals surface area (Å²) in [5, 5.41) is 12.6. The average Bonchev–Trinajstić information content (AvgIpc) is 3.09. The molecule has 148 valence electrons. The van der Waals surface area contributed by atoms with Gasteiger partial charge in [0.2, 0.25) is 0 Å². The highest BCUT2D eigenvalue weighted by atomic mass is 32.2. The lowest BCUT2D eigenvalue weighted by Crippen LogP contribution is -2.22. The van der Waals surface area contributed by atoms with Crippen molar-refractivity contribution in [1.82, 2.24) is 19.8 Å². The SMILES string of the molecule is CCCCC/C(Cn1nnc2ccccc21)=N\NS(=O)(=O)c1ccc(C)cc1. The molecule has 2 aromatic carbocycles. The second kappa shape index (κ2) is 8.97. The Kier molecular flexibility index (Phi) is 6.41. The molecule has 8 heteroatoms. The molecule has 0 radical (unpaired) electrons. The Morgan fingerprint density at radius 2 is 1.86 bits per heavy atom. The maximum absolute atomic E-state index is 12.5. The van der Waals surface area contributed by atoms with Crippen molar-refractivity contribution in [2.24, 2.45) is 5.10 Å². The molecule has 3 aromatic rings. The Hall–Kier alpha value is -2.74. The van der Waals surface area contributed by atoms with Gasteiger partial charge >= 0.3 is 0 Å². The average molecular weight is 400 g/mol. The summed E-state index contributed by atoms with van der Waals surface area (Å²) in [7, 11) is -3.71. The fourth-order valence-corrected chi connectivity index (χ4v) is 3.70. The first kappa shape index (κ1) is 20.0. The molecule has 0 atom stereocenters. The van der Waals surface area contributed by atoms with Crippen LogP contribution in [0, 0.1) is 6.92 Å². The molecule has 3 rings (SSSR count). The van der Waals surface area contributed by atoms with Gasteiger partial charge in [0.15, 0.2) is 0 Å². The summed E-state index contributed by atoms with van der Waals surface area (Å²) in [5.74, 6) is 0. The molecule has 1 heterocycles. The fourth-order valence-electron chi connectivity index (χ4n) is 2.85. The molecule has 1 aromatic heterocycles. The first-order chi connectivity index (χ1) is 13.5. The lowest BCUT2D eigenvalue weighted by atomic mass is 10.1. The quantitative estimate of drug-likeness (QED) is 0.338. The first-order valence-electron chi connectivity index (χ1n) is 9.42. The summed E-state index contributed by atoms with van der Waals surface area (Å²) in [6.45, 7) is 4.43. The van der Waals surface area contributed by atoms with Crippen LogP contribution in [0.3, 0.4) is 0 Å². The van der Waals surface area contributed by atoms with E-state index in [1.165, 1.54) is 0 Å². The lowest BCUT2D eigenvalue weighted by molar-refractivity contribution is 0.583. The number of aryl methyl sites for hydroxylation is 1. The number of hydrogen-bond donors (Lipinski definition) is 1. The second-order valence-corrected chi connectivity index (χ2v) is 8.44. The minimum absolute atomic E-state index is 0.195. The molecule has 7 nitrogen and oxygen atoms in total. The van der Waals surface area contributed by atoms with E-state index in [4.69, 9.17) is 0 Å². The van der Waals surface area contributed by atoms with E-state index >= 15 is 0 Å². The van der Waals surface area contributed by atoms with Crippen molar-refractivity contribution in [2.75, 3.05) is 0 Å². The predicted octanol–water partition coefficient (Wildman–Crippen LogP) is 3.65. The Morgan fingerprint density at radius 3 is 2.61 bits per heavy atom. The number of benzene rings is 2. The third kappa shape index (κ3) is 4.95. The molecular weight excluding hydrogens is 374 g/mol. The Bertz CT molecular complexity index is 1060. The van der Waals surface area contributed by atoms with Gasteiger partial charge < -0.3 is 0 Å². The summed E-state index contributed by atoms with van der Waals surface area (Å²) in [6, 6.07) is 14.4. The van der Waals surface area contributed by atoms with E-state index in [2.05, 4.69) is 27.2 Å². The van der Waals surface area contributed by atoms with E-state index in [9.17, 15) is 8.42 Å². The van der Waals surface area contributed by atoms with Crippen LogP contribution in [0.2, 0.25) is 0 Å². The number of nitrogens with one attached hydrogen (secondary N) is 1. The molecule has 0 aliphatic carbocycles. The van der Waals surface area contributed by atoms with Gasteiger partial charge in [-0.05, 0) is 44.0 Å². The van der Waals surface area contributed by atoms with E-state index < -0.39 is 10.0 Å². The number of nitrogens with zero attached hydrogens (tertiary/aromatic N) is 4. The molecule has 1 N–H and O–H groups in total. The van der Waals surface area contributed by atoms with Crippen LogP contribution in [0.15, 0.2) is 58.5 Å². The van der Waals surface area contributed by atoms with Crippen LogP contribution in [-0.2, 0) is 16.6 Å². The van der Waals surface area contributed by atoms with Gasteiger partial charge in [-0.15, -0.1) is 5.10 Å². The summed E-state index contributed by atoms with van der Waals surface area (Å²) in [4.78, 5) is 2.58. The van der Waals surface area contributed by atoms with Crippen LogP contribution in [0.25, 0.3) is 11.0 Å². The topological polar surface area (TPSA) is 89.2 Å². The largest absolute Gasteiger partial charge is 0.276 e. The Morgan fingerprint density at radius 1 is 1.11 bits per heavy atom. The van der Waals surface area contributed by atoms with Crippen molar-refractivity contribution < 1.29 is 8.42 Å². The molecule has 0 saturated carbocycles. The van der Waals surface area contributed by atoms with Crippen molar-refractivity contribution in [1.29, 1.82) is 0 Å². The molecular formula is C20H25N5O2S. The highest BCUT2D eigenvalue weighted by Gasteiger charge is 2.14. The third-order valence-corrected chi connectivity index (χ3v) is 5.70. The van der Waals surface area contributed by atoms with E-state index in [1.54, 1.807) is 28.9 Å². The number of para-hydroxylation sites is 1. The molecule has 0 amide bonds. The molecule has 0 saturated heterocycles. The van der Waals surface area contributed by atoms with Gasteiger partial charge in [-0.25, -0.2) is 9.51 Å². The zero-order valence-corrected chi connectivity index (χ0v) is 17.0. The summed E-state index contributed by atoms with van der Waals surface area (Å²) in [6.07, 6.45) is 3.77. The standard InChI is InChI=1S/C20H25N5O2S/c1-3-4-5-8-17(15-25-20-10-7-6-9-19(20)22-23-25)21-24-28(26,27)18-13-11-16(2)12-14-18/h6-7,9-14,24H,3-5,8,15H2,1-2H3/b21-17+. The normalized spacial score (nSPS) is 12.4. The molecule has 0 bridgehead atoms. The zero-order chi connectivity index (χ0) is 20.0. The summed E-state index contributed by atoms with van der Waals surface area (Å²) < 4.78 is 26.8. The van der Waals surface area contributed by atoms with Crippen molar-refractivity contribution >= 4 is 26.8 Å². The van der Waals surface area contributed by atoms with Gasteiger partial charge in [-0.2, -0.15) is 13.5 Å². The second-order valence-electron chi connectivity index (χ2n) is 6.78. The summed E-state index contributed by atoms with van der Waals surface area (Å²) in [5.41, 5.74) is 3.42. The van der Waals surface area contributed by atoms with Crippen LogP contribution in [-0.4, -0.2) is 29.1 Å². The van der Waals surface area contributed by atoms with Crippen molar-refractivity contribution in [3.05, 3.63) is 54.1 Å². The number of sulfonamides is 1. The fraction of sp³-hybridized carbons (Fsp3) is 0.350. The van der Waals surface area contributed by atoms with Crippen LogP contribution in [0.4, 0.5) is 0 Å². The van der Waals surface area contributed by atoms with Gasteiger partial charge in [0, 0.05) is 0 Å². The molecule has 0 aliphatic rings. The van der Waals surface area contributed by atoms with Gasteiger partial charge in [-0.3, -0.25) is 0 Å². The van der Waals surface area contributed by atoms with Gasteiger partial charge in [0.05, 0.1) is 22.7 Å². The van der Waals surface area contributed by atoms with E-state index in [1.807, 2.05) is 31.2 Å². The minimum Gasteiger partial charge on any atom is -0.239 e. The summed E-state index contributed by atoms with van der Waals surface area (Å²) >= 11 is 0. The van der Waals surface area contributed by atoms with Crippen LogP contribution in [0.5, 0.6) is 0 Å². The van der Waals surface area contributed by atoms with Crippen molar-refractivity contribution in [3.63, 3.8) is 0 Å². The molecule has 0 aliphatic heterocycles. The number of rotatable bonds is 9. The predicted molar refractivity (Wildman–Crippen MR) is 111 cm³/mol. The van der Waals surface area contributed by atoms with Crippen LogP contribution >= 0.6 is 0 Å². The minimum atomic E-state index is -3.71. The monoisotopic (exact) mass is 399 g/mol. The Balaban J connectivity index is 1.81. The third-order valence-electron chi connectivity index (χ3n) is 4.48. The van der Waals surface area contributed by atoms with Crippen LogP contribution in [0.1, 0.15) is 38.2 Å². The van der Waals surface area contributed by atoms with Gasteiger partial charge in [-0.1, -0.05) is 54.8 Å². The van der Waals surface area contributed by atoms with Crippen molar-refractivity contribution in [2.45, 2.75) is 51.0 Å². The first-order valence-corrected chi connectivity index (χ1v) is 10.9. The maximum atomic E-state index is 12.5. The number of hydrogen-bond acceptors (Lipinski definition) is 5. The molecule has 0 unspecified atom stereocenters. The number of aromatic nitrogens is 3. The van der Waals surface area contributed by atoms with Gasteiger partial charge in [0.1, 0.15) is 5.52 Å². The van der Waals surface area contributed by atoms with Crippen LogP contribution < -0.4 is 4.83 Å². The molecule has 0 spiro atoms. The number of unbranched alkanes of at least 4 members (excludes halogenated alkanes) is 2.